The number of aromatic nitrogens is 1. The second-order valence-electron chi connectivity index (χ2n) is 6.50. The zero-order chi connectivity index (χ0) is 17.4. The Bertz CT molecular complexity index is 820. The third-order valence-corrected chi connectivity index (χ3v) is 4.98. The van der Waals surface area contributed by atoms with Gasteiger partial charge in [0.05, 0.1) is 11.0 Å². The number of amides is 2. The molecule has 1 aromatic heterocycles. The molecule has 0 radical (unpaired) electrons. The summed E-state index contributed by atoms with van der Waals surface area (Å²) in [7, 11) is 0. The van der Waals surface area contributed by atoms with E-state index in [2.05, 4.69) is 4.98 Å². The minimum atomic E-state index is -0.809. The van der Waals surface area contributed by atoms with Crippen molar-refractivity contribution in [1.82, 2.24) is 15.0 Å². The minimum absolute atomic E-state index is 0.0751. The SMILES string of the molecule is O=C(c1cccnc1F)N1CCCN1C(=O)C1(c2ccccc2)CC1. The summed E-state index contributed by atoms with van der Waals surface area (Å²) in [6.07, 6.45) is 3.53. The van der Waals surface area contributed by atoms with Crippen LogP contribution in [0.2, 0.25) is 0 Å². The lowest BCUT2D eigenvalue weighted by Crippen LogP contribution is -2.49. The zero-order valence-electron chi connectivity index (χ0n) is 13.7. The van der Waals surface area contributed by atoms with Crippen LogP contribution in [0.5, 0.6) is 0 Å². The Morgan fingerprint density at radius 1 is 1.00 bits per heavy atom. The van der Waals surface area contributed by atoms with Crippen LogP contribution in [0.15, 0.2) is 48.7 Å². The van der Waals surface area contributed by atoms with Crippen molar-refractivity contribution >= 4 is 11.8 Å². The van der Waals surface area contributed by atoms with Gasteiger partial charge in [-0.2, -0.15) is 4.39 Å². The molecule has 1 saturated heterocycles. The third kappa shape index (κ3) is 2.58. The maximum absolute atomic E-state index is 13.9. The fourth-order valence-corrected chi connectivity index (χ4v) is 3.47. The predicted molar refractivity (Wildman–Crippen MR) is 88.9 cm³/mol. The monoisotopic (exact) mass is 339 g/mol. The van der Waals surface area contributed by atoms with Gasteiger partial charge in [0, 0.05) is 19.3 Å². The van der Waals surface area contributed by atoms with Crippen LogP contribution in [0.1, 0.15) is 35.2 Å². The van der Waals surface area contributed by atoms with E-state index in [0.717, 1.165) is 18.4 Å². The van der Waals surface area contributed by atoms with Crippen molar-refractivity contribution in [1.29, 1.82) is 0 Å². The van der Waals surface area contributed by atoms with Crippen molar-refractivity contribution in [3.63, 3.8) is 0 Å². The van der Waals surface area contributed by atoms with Crippen LogP contribution in [0.3, 0.4) is 0 Å². The fraction of sp³-hybridized carbons (Fsp3) is 0.316. The van der Waals surface area contributed by atoms with Crippen LogP contribution in [0, 0.1) is 5.95 Å². The summed E-state index contributed by atoms with van der Waals surface area (Å²) >= 11 is 0. The van der Waals surface area contributed by atoms with Crippen molar-refractivity contribution in [3.8, 4) is 0 Å². The molecule has 0 N–H and O–H groups in total. The molecule has 0 spiro atoms. The number of carbonyl (C=O) groups excluding carboxylic acids is 2. The van der Waals surface area contributed by atoms with Crippen LogP contribution in [0.4, 0.5) is 4.39 Å². The largest absolute Gasteiger partial charge is 0.277 e. The van der Waals surface area contributed by atoms with Crippen molar-refractivity contribution in [3.05, 3.63) is 65.7 Å². The van der Waals surface area contributed by atoms with Gasteiger partial charge in [0.1, 0.15) is 0 Å². The van der Waals surface area contributed by atoms with Gasteiger partial charge in [0.25, 0.3) is 11.8 Å². The Balaban J connectivity index is 1.61. The molecule has 2 heterocycles. The van der Waals surface area contributed by atoms with E-state index in [1.807, 2.05) is 30.3 Å². The van der Waals surface area contributed by atoms with E-state index in [9.17, 15) is 14.0 Å². The van der Waals surface area contributed by atoms with Gasteiger partial charge in [0.15, 0.2) is 0 Å². The van der Waals surface area contributed by atoms with Crippen molar-refractivity contribution in [2.24, 2.45) is 0 Å². The van der Waals surface area contributed by atoms with E-state index in [0.29, 0.717) is 19.5 Å². The molecule has 5 nitrogen and oxygen atoms in total. The number of hydrazine groups is 1. The lowest BCUT2D eigenvalue weighted by molar-refractivity contribution is -0.143. The molecule has 1 aromatic carbocycles. The maximum Gasteiger partial charge on any atom is 0.277 e. The second kappa shape index (κ2) is 5.95. The number of hydrogen-bond acceptors (Lipinski definition) is 3. The maximum atomic E-state index is 13.9. The first-order chi connectivity index (χ1) is 12.1. The number of nitrogens with zero attached hydrogens (tertiary/aromatic N) is 3. The van der Waals surface area contributed by atoms with Crippen molar-refractivity contribution in [2.45, 2.75) is 24.7 Å². The summed E-state index contributed by atoms with van der Waals surface area (Å²) in [4.78, 5) is 29.4. The first kappa shape index (κ1) is 15.7. The second-order valence-corrected chi connectivity index (χ2v) is 6.50. The molecule has 2 aliphatic rings. The van der Waals surface area contributed by atoms with Crippen LogP contribution < -0.4 is 0 Å². The van der Waals surface area contributed by atoms with Crippen LogP contribution in [-0.2, 0) is 10.2 Å². The first-order valence-electron chi connectivity index (χ1n) is 8.43. The van der Waals surface area contributed by atoms with E-state index < -0.39 is 17.3 Å². The summed E-state index contributed by atoms with van der Waals surface area (Å²) in [6.45, 7) is 0.880. The smallest absolute Gasteiger partial charge is 0.272 e. The van der Waals surface area contributed by atoms with E-state index in [1.165, 1.54) is 28.3 Å². The molecule has 4 rings (SSSR count). The van der Waals surface area contributed by atoms with Gasteiger partial charge in [-0.3, -0.25) is 14.6 Å². The first-order valence-corrected chi connectivity index (χ1v) is 8.43. The summed E-state index contributed by atoms with van der Waals surface area (Å²) < 4.78 is 13.9. The van der Waals surface area contributed by atoms with Crippen LogP contribution in [0.25, 0.3) is 0 Å². The summed E-state index contributed by atoms with van der Waals surface area (Å²) in [5, 5.41) is 2.86. The zero-order valence-corrected chi connectivity index (χ0v) is 13.7. The molecule has 25 heavy (non-hydrogen) atoms. The van der Waals surface area contributed by atoms with Gasteiger partial charge in [-0.15, -0.1) is 0 Å². The molecule has 2 aromatic rings. The molecule has 0 bridgehead atoms. The summed E-state index contributed by atoms with van der Waals surface area (Å²) in [5.41, 5.74) is 0.330. The molecular formula is C19H18FN3O2. The molecule has 1 saturated carbocycles. The van der Waals surface area contributed by atoms with E-state index >= 15 is 0 Å². The Morgan fingerprint density at radius 2 is 1.72 bits per heavy atom. The quantitative estimate of drug-likeness (QED) is 0.808. The van der Waals surface area contributed by atoms with Gasteiger partial charge < -0.3 is 0 Å². The lowest BCUT2D eigenvalue weighted by Gasteiger charge is -2.31. The third-order valence-electron chi connectivity index (χ3n) is 4.98. The van der Waals surface area contributed by atoms with Gasteiger partial charge in [-0.25, -0.2) is 9.99 Å². The highest BCUT2D eigenvalue weighted by Gasteiger charge is 2.54. The molecular weight excluding hydrogens is 321 g/mol. The number of benzene rings is 1. The van der Waals surface area contributed by atoms with Gasteiger partial charge in [0.2, 0.25) is 5.95 Å². The Morgan fingerprint density at radius 3 is 2.40 bits per heavy atom. The number of halogens is 1. The van der Waals surface area contributed by atoms with Crippen LogP contribution >= 0.6 is 0 Å². The standard InChI is InChI=1S/C19H18FN3O2/c20-16-15(8-4-11-21-16)17(24)22-12-5-13-23(22)18(25)19(9-10-19)14-6-2-1-3-7-14/h1-4,6-8,11H,5,9-10,12-13H2. The molecule has 128 valence electrons. The molecule has 1 aliphatic heterocycles. The number of hydrogen-bond donors (Lipinski definition) is 0. The summed E-state index contributed by atoms with van der Waals surface area (Å²) in [6, 6.07) is 12.6. The van der Waals surface area contributed by atoms with Gasteiger partial charge in [-0.1, -0.05) is 30.3 Å². The minimum Gasteiger partial charge on any atom is -0.272 e. The molecule has 6 heteroatoms. The molecule has 2 amide bonds. The average molecular weight is 339 g/mol. The highest BCUT2D eigenvalue weighted by Crippen LogP contribution is 2.50. The van der Waals surface area contributed by atoms with Crippen molar-refractivity contribution in [2.75, 3.05) is 13.1 Å². The molecule has 2 fully saturated rings. The highest BCUT2D eigenvalue weighted by molar-refractivity contribution is 5.98. The molecule has 0 atom stereocenters. The number of rotatable bonds is 3. The lowest BCUT2D eigenvalue weighted by atomic mass is 9.95. The van der Waals surface area contributed by atoms with Crippen LogP contribution in [-0.4, -0.2) is 39.9 Å². The van der Waals surface area contributed by atoms with Crippen molar-refractivity contribution < 1.29 is 14.0 Å². The number of pyridine rings is 1. The topological polar surface area (TPSA) is 53.5 Å². The average Bonchev–Trinajstić information content (AvgIpc) is 3.32. The van der Waals surface area contributed by atoms with E-state index in [4.69, 9.17) is 0 Å². The van der Waals surface area contributed by atoms with E-state index in [-0.39, 0.29) is 11.5 Å². The molecule has 0 unspecified atom stereocenters. The highest BCUT2D eigenvalue weighted by atomic mass is 19.1. The molecule has 1 aliphatic carbocycles. The van der Waals surface area contributed by atoms with E-state index in [1.54, 1.807) is 0 Å². The predicted octanol–water partition coefficient (Wildman–Crippen LogP) is 2.54. The Hall–Kier alpha value is -2.76. The number of carbonyl (C=O) groups is 2. The van der Waals surface area contributed by atoms with Gasteiger partial charge >= 0.3 is 0 Å². The fourth-order valence-electron chi connectivity index (χ4n) is 3.47. The van der Waals surface area contributed by atoms with Gasteiger partial charge in [-0.05, 0) is 37.0 Å². The normalized spacial score (nSPS) is 18.3. The Kier molecular flexibility index (Phi) is 3.75. The summed E-state index contributed by atoms with van der Waals surface area (Å²) in [5.74, 6) is -1.40. The Labute approximate surface area is 145 Å².